The van der Waals surface area contributed by atoms with Gasteiger partial charge in [0.1, 0.15) is 6.10 Å². The van der Waals surface area contributed by atoms with Crippen molar-refractivity contribution in [2.24, 2.45) is 5.92 Å². The lowest BCUT2D eigenvalue weighted by molar-refractivity contribution is -0.151. The lowest BCUT2D eigenvalue weighted by Crippen LogP contribution is -2.29. The molecule has 43 heavy (non-hydrogen) atoms. The van der Waals surface area contributed by atoms with E-state index in [-0.39, 0.29) is 24.6 Å². The Hall–Kier alpha value is -1.14. The number of aliphatic hydroxyl groups is 1. The molecule has 1 aliphatic rings. The zero-order valence-corrected chi connectivity index (χ0v) is 28.6. The molecular weight excluding hydrogens is 538 g/mol. The minimum absolute atomic E-state index is 0.00450. The molecule has 1 aliphatic carbocycles. The highest BCUT2D eigenvalue weighted by Crippen LogP contribution is 2.30. The Bertz CT molecular complexity index is 634. The molecule has 254 valence electrons. The first-order valence-corrected chi connectivity index (χ1v) is 18.8. The van der Waals surface area contributed by atoms with Gasteiger partial charge in [0.15, 0.2) is 0 Å². The molecule has 0 aromatic rings. The van der Waals surface area contributed by atoms with E-state index >= 15 is 0 Å². The number of nitrogens with zero attached hydrogens (tertiary/aromatic N) is 1. The largest absolute Gasteiger partial charge is 0.466 e. The Morgan fingerprint density at radius 1 is 0.605 bits per heavy atom. The third-order valence-corrected chi connectivity index (χ3v) is 9.20. The Kier molecular flexibility index (Phi) is 27.4. The van der Waals surface area contributed by atoms with Gasteiger partial charge in [-0.25, -0.2) is 0 Å². The molecule has 0 unspecified atom stereocenters. The number of unbranched alkanes of at least 4 members (excludes halogenated alkanes) is 15. The van der Waals surface area contributed by atoms with Crippen LogP contribution in [0.2, 0.25) is 0 Å². The van der Waals surface area contributed by atoms with Crippen LogP contribution in [0.25, 0.3) is 0 Å². The van der Waals surface area contributed by atoms with Gasteiger partial charge >= 0.3 is 11.9 Å². The van der Waals surface area contributed by atoms with Crippen LogP contribution in [0.1, 0.15) is 181 Å². The van der Waals surface area contributed by atoms with Crippen molar-refractivity contribution >= 4 is 11.9 Å². The maximum Gasteiger partial charge on any atom is 0.306 e. The number of esters is 2. The van der Waals surface area contributed by atoms with Crippen LogP contribution in [0.4, 0.5) is 0 Å². The fourth-order valence-corrected chi connectivity index (χ4v) is 6.34. The molecule has 0 aliphatic heterocycles. The van der Waals surface area contributed by atoms with E-state index in [1.54, 1.807) is 0 Å². The number of ether oxygens (including phenoxy) is 2. The summed E-state index contributed by atoms with van der Waals surface area (Å²) < 4.78 is 11.1. The monoisotopic (exact) mass is 610 g/mol. The van der Waals surface area contributed by atoms with Crippen molar-refractivity contribution in [3.63, 3.8) is 0 Å². The van der Waals surface area contributed by atoms with Crippen LogP contribution in [0.5, 0.6) is 0 Å². The topological polar surface area (TPSA) is 76.1 Å². The normalized spacial score (nSPS) is 16.9. The van der Waals surface area contributed by atoms with E-state index < -0.39 is 0 Å². The molecule has 1 fully saturated rings. The van der Waals surface area contributed by atoms with Crippen LogP contribution in [0.15, 0.2) is 0 Å². The second-order valence-electron chi connectivity index (χ2n) is 13.2. The lowest BCUT2D eigenvalue weighted by Gasteiger charge is -2.28. The molecular formula is C37H71NO5. The minimum Gasteiger partial charge on any atom is -0.466 e. The number of aliphatic hydroxyl groups excluding tert-OH is 1. The quantitative estimate of drug-likeness (QED) is 0.0645. The second kappa shape index (κ2) is 29.6. The zero-order chi connectivity index (χ0) is 31.2. The van der Waals surface area contributed by atoms with E-state index in [2.05, 4.69) is 18.7 Å². The van der Waals surface area contributed by atoms with Crippen molar-refractivity contribution < 1.29 is 24.2 Å². The van der Waals surface area contributed by atoms with E-state index in [1.807, 2.05) is 0 Å². The van der Waals surface area contributed by atoms with Gasteiger partial charge in [0.2, 0.25) is 0 Å². The van der Waals surface area contributed by atoms with E-state index in [4.69, 9.17) is 9.47 Å². The van der Waals surface area contributed by atoms with Gasteiger partial charge in [0.25, 0.3) is 0 Å². The average molecular weight is 610 g/mol. The zero-order valence-electron chi connectivity index (χ0n) is 28.6. The molecule has 1 N–H and O–H groups in total. The fraction of sp³-hybridized carbons (Fsp3) is 0.946. The van der Waals surface area contributed by atoms with Gasteiger partial charge in [-0.3, -0.25) is 9.59 Å². The lowest BCUT2D eigenvalue weighted by atomic mass is 9.84. The average Bonchev–Trinajstić information content (AvgIpc) is 3.01. The van der Waals surface area contributed by atoms with Crippen molar-refractivity contribution in [2.75, 3.05) is 32.8 Å². The first kappa shape index (κ1) is 39.9. The van der Waals surface area contributed by atoms with Crippen LogP contribution in [-0.2, 0) is 19.1 Å². The van der Waals surface area contributed by atoms with E-state index in [0.717, 1.165) is 96.2 Å². The highest BCUT2D eigenvalue weighted by Gasteiger charge is 2.23. The van der Waals surface area contributed by atoms with Gasteiger partial charge < -0.3 is 19.5 Å². The summed E-state index contributed by atoms with van der Waals surface area (Å²) >= 11 is 0. The highest BCUT2D eigenvalue weighted by atomic mass is 16.5. The van der Waals surface area contributed by atoms with Crippen LogP contribution in [-0.4, -0.2) is 60.9 Å². The molecule has 0 heterocycles. The first-order valence-electron chi connectivity index (χ1n) is 18.8. The number of carbonyl (C=O) groups is 2. The van der Waals surface area contributed by atoms with Crippen LogP contribution < -0.4 is 0 Å². The Balaban J connectivity index is 1.92. The number of hydrogen-bond donors (Lipinski definition) is 1. The summed E-state index contributed by atoms with van der Waals surface area (Å²) in [5.41, 5.74) is 0. The van der Waals surface area contributed by atoms with Crippen molar-refractivity contribution in [3.8, 4) is 0 Å². The molecule has 0 spiro atoms. The Morgan fingerprint density at radius 3 is 1.70 bits per heavy atom. The summed E-state index contributed by atoms with van der Waals surface area (Å²) in [6, 6.07) is 0. The molecule has 0 aromatic carbocycles. The Morgan fingerprint density at radius 2 is 1.12 bits per heavy atom. The number of carbonyl (C=O) groups excluding carboxylic acids is 2. The predicted octanol–water partition coefficient (Wildman–Crippen LogP) is 9.55. The molecule has 0 atom stereocenters. The summed E-state index contributed by atoms with van der Waals surface area (Å²) in [6.07, 6.45) is 29.4. The molecule has 6 heteroatoms. The highest BCUT2D eigenvalue weighted by molar-refractivity contribution is 5.69. The van der Waals surface area contributed by atoms with E-state index in [1.165, 1.54) is 83.5 Å². The molecule has 0 aromatic heterocycles. The summed E-state index contributed by atoms with van der Waals surface area (Å²) in [5, 5.41) is 9.46. The smallest absolute Gasteiger partial charge is 0.306 e. The SMILES string of the molecule is CCCCCCCCCOC(=O)CCCCCCCN(CCO)CCCCCCCC(=O)OC1CCC(CCCC)CC1. The summed E-state index contributed by atoms with van der Waals surface area (Å²) in [5.74, 6) is 0.821. The van der Waals surface area contributed by atoms with Gasteiger partial charge in [0, 0.05) is 19.4 Å². The van der Waals surface area contributed by atoms with Crippen molar-refractivity contribution in [3.05, 3.63) is 0 Å². The van der Waals surface area contributed by atoms with E-state index in [0.29, 0.717) is 19.4 Å². The van der Waals surface area contributed by atoms with Crippen LogP contribution in [0, 0.1) is 5.92 Å². The van der Waals surface area contributed by atoms with Gasteiger partial charge in [-0.1, -0.05) is 110 Å². The summed E-state index contributed by atoms with van der Waals surface area (Å²) in [7, 11) is 0. The third-order valence-electron chi connectivity index (χ3n) is 9.20. The molecule has 1 rings (SSSR count). The van der Waals surface area contributed by atoms with Crippen molar-refractivity contribution in [1.29, 1.82) is 0 Å². The van der Waals surface area contributed by atoms with Crippen molar-refractivity contribution in [2.45, 2.75) is 187 Å². The van der Waals surface area contributed by atoms with Gasteiger partial charge in [-0.05, 0) is 76.8 Å². The Labute approximate surface area is 266 Å². The maximum absolute atomic E-state index is 12.2. The maximum atomic E-state index is 12.2. The van der Waals surface area contributed by atoms with Crippen LogP contribution >= 0.6 is 0 Å². The number of hydrogen-bond acceptors (Lipinski definition) is 6. The minimum atomic E-state index is -0.0322. The number of rotatable bonds is 30. The van der Waals surface area contributed by atoms with Gasteiger partial charge in [-0.15, -0.1) is 0 Å². The molecule has 0 bridgehead atoms. The predicted molar refractivity (Wildman–Crippen MR) is 179 cm³/mol. The second-order valence-corrected chi connectivity index (χ2v) is 13.2. The van der Waals surface area contributed by atoms with E-state index in [9.17, 15) is 14.7 Å². The van der Waals surface area contributed by atoms with Gasteiger partial charge in [0.05, 0.1) is 13.2 Å². The molecule has 1 saturated carbocycles. The van der Waals surface area contributed by atoms with Crippen molar-refractivity contribution in [1.82, 2.24) is 4.90 Å². The standard InChI is InChI=1S/C37H71NO5/c1-3-5-7-8-9-16-21-33-42-36(40)23-17-12-10-14-19-29-38(31-32-39)30-20-15-11-13-18-24-37(41)43-35-27-25-34(26-28-35)22-6-4-2/h34-35,39H,3-33H2,1-2H3. The molecule has 0 radical (unpaired) electrons. The van der Waals surface area contributed by atoms with Gasteiger partial charge in [-0.2, -0.15) is 0 Å². The first-order chi connectivity index (χ1) is 21.1. The fourth-order valence-electron chi connectivity index (χ4n) is 6.34. The summed E-state index contributed by atoms with van der Waals surface area (Å²) in [4.78, 5) is 26.5. The van der Waals surface area contributed by atoms with Crippen LogP contribution in [0.3, 0.4) is 0 Å². The molecule has 0 amide bonds. The molecule has 6 nitrogen and oxygen atoms in total. The summed E-state index contributed by atoms with van der Waals surface area (Å²) in [6.45, 7) is 8.11. The third kappa shape index (κ3) is 24.8. The molecule has 0 saturated heterocycles.